The molecule has 1 aliphatic carbocycles. The first-order valence-corrected chi connectivity index (χ1v) is 7.78. The molecule has 2 aliphatic rings. The van der Waals surface area contributed by atoms with Gasteiger partial charge in [0.05, 0.1) is 11.9 Å². The van der Waals surface area contributed by atoms with Crippen molar-refractivity contribution in [2.45, 2.75) is 38.6 Å². The van der Waals surface area contributed by atoms with Crippen molar-refractivity contribution >= 4 is 5.69 Å². The van der Waals surface area contributed by atoms with Crippen LogP contribution >= 0.6 is 0 Å². The van der Waals surface area contributed by atoms with E-state index in [1.165, 1.54) is 19.3 Å². The summed E-state index contributed by atoms with van der Waals surface area (Å²) in [6.45, 7) is 3.52. The zero-order chi connectivity index (χ0) is 13.9. The van der Waals surface area contributed by atoms with Gasteiger partial charge in [0.25, 0.3) is 5.56 Å². The lowest BCUT2D eigenvalue weighted by atomic mass is 9.85. The van der Waals surface area contributed by atoms with E-state index in [2.05, 4.69) is 10.00 Å². The Morgan fingerprint density at radius 2 is 1.95 bits per heavy atom. The molecule has 0 radical (unpaired) electrons. The topological polar surface area (TPSA) is 64.2 Å². The normalized spacial score (nSPS) is 20.9. The second-order valence-electron chi connectivity index (χ2n) is 6.20. The Bertz CT molecular complexity index is 501. The van der Waals surface area contributed by atoms with Crippen LogP contribution < -0.4 is 16.2 Å². The summed E-state index contributed by atoms with van der Waals surface area (Å²) in [6, 6.07) is 1.74. The monoisotopic (exact) mass is 276 g/mol. The van der Waals surface area contributed by atoms with Gasteiger partial charge in [-0.05, 0) is 44.1 Å². The molecule has 3 rings (SSSR count). The van der Waals surface area contributed by atoms with Crippen LogP contribution in [0.15, 0.2) is 17.1 Å². The molecule has 0 atom stereocenters. The molecule has 1 saturated carbocycles. The molecule has 0 aromatic carbocycles. The molecule has 2 N–H and O–H groups in total. The van der Waals surface area contributed by atoms with Crippen LogP contribution in [-0.4, -0.2) is 29.4 Å². The molecule has 2 heterocycles. The van der Waals surface area contributed by atoms with Crippen molar-refractivity contribution in [1.29, 1.82) is 0 Å². The van der Waals surface area contributed by atoms with E-state index in [0.717, 1.165) is 44.7 Å². The molecule has 1 aromatic heterocycles. The van der Waals surface area contributed by atoms with E-state index in [0.29, 0.717) is 11.8 Å². The van der Waals surface area contributed by atoms with Crippen molar-refractivity contribution in [3.63, 3.8) is 0 Å². The minimum absolute atomic E-state index is 0.0374. The second kappa shape index (κ2) is 5.95. The molecule has 1 saturated heterocycles. The number of nitrogens with zero attached hydrogens (tertiary/aromatic N) is 3. The first-order chi connectivity index (χ1) is 9.76. The van der Waals surface area contributed by atoms with E-state index in [9.17, 15) is 4.79 Å². The van der Waals surface area contributed by atoms with Crippen molar-refractivity contribution in [3.8, 4) is 0 Å². The lowest BCUT2D eigenvalue weighted by molar-refractivity contribution is 0.261. The largest absolute Gasteiger partial charge is 0.370 e. The third-order valence-electron chi connectivity index (χ3n) is 4.82. The van der Waals surface area contributed by atoms with Crippen LogP contribution in [0.5, 0.6) is 0 Å². The van der Waals surface area contributed by atoms with Gasteiger partial charge in [-0.1, -0.05) is 6.42 Å². The summed E-state index contributed by atoms with van der Waals surface area (Å²) in [6.07, 6.45) is 7.85. The predicted octanol–water partition coefficient (Wildman–Crippen LogP) is 1.22. The molecule has 0 amide bonds. The van der Waals surface area contributed by atoms with Gasteiger partial charge in [-0.3, -0.25) is 4.79 Å². The van der Waals surface area contributed by atoms with E-state index in [4.69, 9.17) is 5.73 Å². The Morgan fingerprint density at radius 3 is 2.50 bits per heavy atom. The average Bonchev–Trinajstić information content (AvgIpc) is 2.44. The summed E-state index contributed by atoms with van der Waals surface area (Å²) in [5, 5.41) is 4.35. The molecule has 0 spiro atoms. The number of hydrogen-bond donors (Lipinski definition) is 1. The van der Waals surface area contributed by atoms with E-state index in [-0.39, 0.29) is 5.56 Å². The van der Waals surface area contributed by atoms with Crippen molar-refractivity contribution in [3.05, 3.63) is 22.6 Å². The van der Waals surface area contributed by atoms with Gasteiger partial charge in [0.15, 0.2) is 0 Å². The second-order valence-corrected chi connectivity index (χ2v) is 6.20. The molecule has 2 fully saturated rings. The van der Waals surface area contributed by atoms with Gasteiger partial charge in [-0.15, -0.1) is 0 Å². The highest BCUT2D eigenvalue weighted by Gasteiger charge is 2.21. The molecule has 1 aliphatic heterocycles. The third kappa shape index (κ3) is 2.87. The van der Waals surface area contributed by atoms with E-state index < -0.39 is 0 Å². The highest BCUT2D eigenvalue weighted by Crippen LogP contribution is 2.27. The zero-order valence-electron chi connectivity index (χ0n) is 12.0. The lowest BCUT2D eigenvalue weighted by Crippen LogP contribution is -2.37. The number of piperidine rings is 1. The Balaban J connectivity index is 1.65. The van der Waals surface area contributed by atoms with Crippen LogP contribution in [0.1, 0.15) is 32.1 Å². The number of aromatic nitrogens is 2. The van der Waals surface area contributed by atoms with Crippen LogP contribution in [0, 0.1) is 11.8 Å². The van der Waals surface area contributed by atoms with Crippen molar-refractivity contribution in [1.82, 2.24) is 9.78 Å². The fraction of sp³-hybridized carbons (Fsp3) is 0.733. The van der Waals surface area contributed by atoms with Gasteiger partial charge >= 0.3 is 0 Å². The molecular weight excluding hydrogens is 252 g/mol. The van der Waals surface area contributed by atoms with Crippen LogP contribution in [0.25, 0.3) is 0 Å². The predicted molar refractivity (Wildman–Crippen MR) is 79.8 cm³/mol. The standard InChI is InChI=1S/C15H24N4O/c16-9-12-4-6-18(7-5-12)14-8-15(20)19(17-10-14)11-13-2-1-3-13/h8,10,12-13H,1-7,9,11,16H2. The van der Waals surface area contributed by atoms with Gasteiger partial charge in [0, 0.05) is 25.7 Å². The van der Waals surface area contributed by atoms with E-state index in [1.807, 2.05) is 6.20 Å². The number of hydrogen-bond acceptors (Lipinski definition) is 4. The SMILES string of the molecule is NCC1CCN(c2cnn(CC3CCC3)c(=O)c2)CC1. The zero-order valence-corrected chi connectivity index (χ0v) is 12.0. The highest BCUT2D eigenvalue weighted by atomic mass is 16.1. The summed E-state index contributed by atoms with van der Waals surface area (Å²) < 4.78 is 1.62. The van der Waals surface area contributed by atoms with Gasteiger partial charge in [0.2, 0.25) is 0 Å². The summed E-state index contributed by atoms with van der Waals surface area (Å²) in [5.74, 6) is 1.30. The van der Waals surface area contributed by atoms with Gasteiger partial charge in [-0.25, -0.2) is 4.68 Å². The molecule has 110 valence electrons. The number of rotatable bonds is 4. The summed E-state index contributed by atoms with van der Waals surface area (Å²) >= 11 is 0. The molecule has 0 bridgehead atoms. The first kappa shape index (κ1) is 13.6. The minimum atomic E-state index is 0.0374. The maximum atomic E-state index is 12.1. The lowest BCUT2D eigenvalue weighted by Gasteiger charge is -2.33. The van der Waals surface area contributed by atoms with Gasteiger partial charge in [0.1, 0.15) is 0 Å². The Morgan fingerprint density at radius 1 is 1.20 bits per heavy atom. The molecule has 5 nitrogen and oxygen atoms in total. The quantitative estimate of drug-likeness (QED) is 0.898. The summed E-state index contributed by atoms with van der Waals surface area (Å²) in [4.78, 5) is 14.4. The molecule has 1 aromatic rings. The van der Waals surface area contributed by atoms with Crippen LogP contribution in [0.4, 0.5) is 5.69 Å². The van der Waals surface area contributed by atoms with Crippen LogP contribution in [-0.2, 0) is 6.54 Å². The van der Waals surface area contributed by atoms with Crippen molar-refractivity contribution < 1.29 is 0 Å². The van der Waals surface area contributed by atoms with Crippen LogP contribution in [0.3, 0.4) is 0 Å². The Labute approximate surface area is 119 Å². The molecule has 0 unspecified atom stereocenters. The average molecular weight is 276 g/mol. The van der Waals surface area contributed by atoms with Crippen molar-refractivity contribution in [2.75, 3.05) is 24.5 Å². The summed E-state index contributed by atoms with van der Waals surface area (Å²) in [7, 11) is 0. The molecule has 5 heteroatoms. The Kier molecular flexibility index (Phi) is 4.05. The molecular formula is C15H24N4O. The molecule has 20 heavy (non-hydrogen) atoms. The minimum Gasteiger partial charge on any atom is -0.370 e. The third-order valence-corrected chi connectivity index (χ3v) is 4.82. The number of nitrogens with two attached hydrogens (primary N) is 1. The van der Waals surface area contributed by atoms with Crippen LogP contribution in [0.2, 0.25) is 0 Å². The maximum absolute atomic E-state index is 12.1. The fourth-order valence-corrected chi connectivity index (χ4v) is 3.08. The summed E-state index contributed by atoms with van der Waals surface area (Å²) in [5.41, 5.74) is 6.72. The number of anilines is 1. The van der Waals surface area contributed by atoms with Gasteiger partial charge < -0.3 is 10.6 Å². The first-order valence-electron chi connectivity index (χ1n) is 7.78. The van der Waals surface area contributed by atoms with E-state index in [1.54, 1.807) is 10.7 Å². The Hall–Kier alpha value is -1.36. The van der Waals surface area contributed by atoms with E-state index >= 15 is 0 Å². The smallest absolute Gasteiger partial charge is 0.268 e. The fourth-order valence-electron chi connectivity index (χ4n) is 3.08. The van der Waals surface area contributed by atoms with Crippen molar-refractivity contribution in [2.24, 2.45) is 17.6 Å². The highest BCUT2D eigenvalue weighted by molar-refractivity contribution is 5.43. The maximum Gasteiger partial charge on any atom is 0.268 e. The van der Waals surface area contributed by atoms with Gasteiger partial charge in [-0.2, -0.15) is 5.10 Å².